The highest BCUT2D eigenvalue weighted by atomic mass is 16.4. The summed E-state index contributed by atoms with van der Waals surface area (Å²) in [5.41, 5.74) is 0. The smallest absolute Gasteiger partial charge is 0.320 e. The lowest BCUT2D eigenvalue weighted by Gasteiger charge is -2.32. The molecule has 12 heavy (non-hydrogen) atoms. The molecule has 4 heteroatoms. The number of aliphatic hydroxyl groups excluding tert-OH is 1. The van der Waals surface area contributed by atoms with E-state index in [-0.39, 0.29) is 6.10 Å². The van der Waals surface area contributed by atoms with E-state index in [2.05, 4.69) is 0 Å². The lowest BCUT2D eigenvalue weighted by molar-refractivity contribution is -0.143. The topological polar surface area (TPSA) is 60.8 Å². The maximum atomic E-state index is 10.6. The predicted molar refractivity (Wildman–Crippen MR) is 43.9 cm³/mol. The Balaban J connectivity index is 2.45. The highest BCUT2D eigenvalue weighted by Crippen LogP contribution is 2.12. The fourth-order valence-electron chi connectivity index (χ4n) is 1.49. The van der Waals surface area contributed by atoms with E-state index in [0.29, 0.717) is 6.54 Å². The van der Waals surface area contributed by atoms with Crippen molar-refractivity contribution >= 4 is 5.97 Å². The van der Waals surface area contributed by atoms with Crippen molar-refractivity contribution in [3.8, 4) is 0 Å². The van der Waals surface area contributed by atoms with Crippen LogP contribution in [0.4, 0.5) is 0 Å². The summed E-state index contributed by atoms with van der Waals surface area (Å²) in [6, 6.07) is -0.472. The van der Waals surface area contributed by atoms with Crippen LogP contribution < -0.4 is 0 Å². The number of piperidine rings is 1. The van der Waals surface area contributed by atoms with Gasteiger partial charge in [-0.25, -0.2) is 0 Å². The number of hydrogen-bond acceptors (Lipinski definition) is 3. The second-order valence-electron chi connectivity index (χ2n) is 3.31. The predicted octanol–water partition coefficient (Wildman–Crippen LogP) is -0.0838. The number of aliphatic carboxylic acids is 1. The van der Waals surface area contributed by atoms with Crippen molar-refractivity contribution < 1.29 is 15.0 Å². The molecule has 1 aliphatic rings. The molecule has 1 heterocycles. The fourth-order valence-corrected chi connectivity index (χ4v) is 1.49. The Morgan fingerprint density at radius 2 is 2.33 bits per heavy atom. The monoisotopic (exact) mass is 173 g/mol. The average molecular weight is 173 g/mol. The molecule has 0 bridgehead atoms. The SMILES string of the molecule is C[C@H](C(=O)O)N1CCC[C@@H](O)C1. The van der Waals surface area contributed by atoms with Gasteiger partial charge in [-0.15, -0.1) is 0 Å². The van der Waals surface area contributed by atoms with Crippen molar-refractivity contribution in [3.05, 3.63) is 0 Å². The average Bonchev–Trinajstić information content (AvgIpc) is 2.03. The largest absolute Gasteiger partial charge is 0.480 e. The maximum Gasteiger partial charge on any atom is 0.320 e. The fraction of sp³-hybridized carbons (Fsp3) is 0.875. The molecule has 4 nitrogen and oxygen atoms in total. The Kier molecular flexibility index (Phi) is 3.05. The molecule has 1 rings (SSSR count). The molecular weight excluding hydrogens is 158 g/mol. The first-order valence-electron chi connectivity index (χ1n) is 4.26. The molecule has 0 saturated carbocycles. The van der Waals surface area contributed by atoms with E-state index >= 15 is 0 Å². The van der Waals surface area contributed by atoms with Gasteiger partial charge in [0, 0.05) is 6.54 Å². The summed E-state index contributed by atoms with van der Waals surface area (Å²) in [5.74, 6) is -0.816. The molecule has 0 radical (unpaired) electrons. The lowest BCUT2D eigenvalue weighted by Crippen LogP contribution is -2.46. The summed E-state index contributed by atoms with van der Waals surface area (Å²) in [6.45, 7) is 2.93. The number of rotatable bonds is 2. The van der Waals surface area contributed by atoms with Crippen molar-refractivity contribution in [2.75, 3.05) is 13.1 Å². The number of β-amino-alcohol motifs (C(OH)–C–C–N with tert-alkyl or cyclic N) is 1. The van der Waals surface area contributed by atoms with Gasteiger partial charge in [0.25, 0.3) is 0 Å². The van der Waals surface area contributed by atoms with Gasteiger partial charge < -0.3 is 10.2 Å². The molecule has 0 spiro atoms. The molecule has 1 aliphatic heterocycles. The van der Waals surface area contributed by atoms with Crippen molar-refractivity contribution in [1.29, 1.82) is 0 Å². The first-order valence-corrected chi connectivity index (χ1v) is 4.26. The normalized spacial score (nSPS) is 28.3. The Morgan fingerprint density at radius 1 is 1.67 bits per heavy atom. The van der Waals surface area contributed by atoms with Crippen LogP contribution in [0, 0.1) is 0 Å². The molecule has 2 N–H and O–H groups in total. The maximum absolute atomic E-state index is 10.6. The van der Waals surface area contributed by atoms with E-state index in [1.807, 2.05) is 0 Å². The van der Waals surface area contributed by atoms with Gasteiger partial charge in [-0.1, -0.05) is 0 Å². The molecule has 0 aliphatic carbocycles. The van der Waals surface area contributed by atoms with Gasteiger partial charge in [-0.2, -0.15) is 0 Å². The van der Waals surface area contributed by atoms with Crippen molar-refractivity contribution in [3.63, 3.8) is 0 Å². The minimum atomic E-state index is -0.816. The van der Waals surface area contributed by atoms with Crippen molar-refractivity contribution in [1.82, 2.24) is 4.90 Å². The molecule has 0 unspecified atom stereocenters. The Morgan fingerprint density at radius 3 is 2.83 bits per heavy atom. The minimum Gasteiger partial charge on any atom is -0.480 e. The lowest BCUT2D eigenvalue weighted by atomic mass is 10.1. The molecule has 0 aromatic carbocycles. The summed E-state index contributed by atoms with van der Waals surface area (Å²) in [5, 5.41) is 18.0. The van der Waals surface area contributed by atoms with Gasteiger partial charge in [-0.3, -0.25) is 9.69 Å². The van der Waals surface area contributed by atoms with Crippen molar-refractivity contribution in [2.24, 2.45) is 0 Å². The van der Waals surface area contributed by atoms with Crippen LogP contribution in [0.25, 0.3) is 0 Å². The third-order valence-electron chi connectivity index (χ3n) is 2.33. The van der Waals surface area contributed by atoms with Gasteiger partial charge in [0.1, 0.15) is 6.04 Å². The number of hydrogen-bond donors (Lipinski definition) is 2. The second-order valence-corrected chi connectivity index (χ2v) is 3.31. The van der Waals surface area contributed by atoms with Gasteiger partial charge in [0.2, 0.25) is 0 Å². The molecule has 1 saturated heterocycles. The standard InChI is InChI=1S/C8H15NO3/c1-6(8(11)12)9-4-2-3-7(10)5-9/h6-7,10H,2-5H2,1H3,(H,11,12)/t6-,7-/m1/s1. The first-order chi connectivity index (χ1) is 5.61. The van der Waals surface area contributed by atoms with E-state index < -0.39 is 12.0 Å². The second kappa shape index (κ2) is 3.87. The van der Waals surface area contributed by atoms with E-state index in [4.69, 9.17) is 5.11 Å². The molecule has 1 fully saturated rings. The molecular formula is C8H15NO3. The Bertz CT molecular complexity index is 172. The summed E-state index contributed by atoms with van der Waals surface area (Å²) in [6.07, 6.45) is 1.34. The summed E-state index contributed by atoms with van der Waals surface area (Å²) >= 11 is 0. The highest BCUT2D eigenvalue weighted by Gasteiger charge is 2.25. The minimum absolute atomic E-state index is 0.347. The molecule has 70 valence electrons. The summed E-state index contributed by atoms with van der Waals surface area (Å²) in [4.78, 5) is 12.4. The van der Waals surface area contributed by atoms with Crippen LogP contribution in [0.2, 0.25) is 0 Å². The number of nitrogens with zero attached hydrogens (tertiary/aromatic N) is 1. The van der Waals surface area contributed by atoms with E-state index in [1.54, 1.807) is 11.8 Å². The van der Waals surface area contributed by atoms with E-state index in [9.17, 15) is 9.90 Å². The van der Waals surface area contributed by atoms with Crippen LogP contribution in [0.1, 0.15) is 19.8 Å². The van der Waals surface area contributed by atoms with Crippen LogP contribution >= 0.6 is 0 Å². The van der Waals surface area contributed by atoms with Crippen molar-refractivity contribution in [2.45, 2.75) is 31.9 Å². The zero-order valence-corrected chi connectivity index (χ0v) is 7.23. The quantitative estimate of drug-likeness (QED) is 0.613. The first kappa shape index (κ1) is 9.48. The molecule has 0 aromatic rings. The van der Waals surface area contributed by atoms with Crippen LogP contribution in [0.5, 0.6) is 0 Å². The van der Waals surface area contributed by atoms with Gasteiger partial charge in [-0.05, 0) is 26.3 Å². The van der Waals surface area contributed by atoms with Crippen LogP contribution in [-0.2, 0) is 4.79 Å². The molecule has 0 aromatic heterocycles. The third-order valence-corrected chi connectivity index (χ3v) is 2.33. The molecule has 0 amide bonds. The zero-order valence-electron chi connectivity index (χ0n) is 7.23. The van der Waals surface area contributed by atoms with Gasteiger partial charge in [0.15, 0.2) is 0 Å². The summed E-state index contributed by atoms with van der Waals surface area (Å²) in [7, 11) is 0. The number of aliphatic hydroxyl groups is 1. The summed E-state index contributed by atoms with van der Waals surface area (Å²) < 4.78 is 0. The molecule has 2 atom stereocenters. The van der Waals surface area contributed by atoms with Gasteiger partial charge in [0.05, 0.1) is 6.10 Å². The van der Waals surface area contributed by atoms with Crippen LogP contribution in [-0.4, -0.2) is 46.3 Å². The van der Waals surface area contributed by atoms with E-state index in [1.165, 1.54) is 0 Å². The third kappa shape index (κ3) is 2.19. The van der Waals surface area contributed by atoms with Crippen LogP contribution in [0.15, 0.2) is 0 Å². The van der Waals surface area contributed by atoms with E-state index in [0.717, 1.165) is 19.4 Å². The van der Waals surface area contributed by atoms with Gasteiger partial charge >= 0.3 is 5.97 Å². The number of carboxylic acid groups (broad SMARTS) is 1. The number of carboxylic acids is 1. The highest BCUT2D eigenvalue weighted by molar-refractivity contribution is 5.72. The van der Waals surface area contributed by atoms with Crippen LogP contribution in [0.3, 0.4) is 0 Å². The number of likely N-dealkylation sites (tertiary alicyclic amines) is 1. The number of carbonyl (C=O) groups is 1. The zero-order chi connectivity index (χ0) is 9.14. The Labute approximate surface area is 71.8 Å². The Hall–Kier alpha value is -0.610.